The summed E-state index contributed by atoms with van der Waals surface area (Å²) < 4.78 is 0.0561. The van der Waals surface area contributed by atoms with Gasteiger partial charge in [-0.05, 0) is 26.0 Å². The average molecular weight is 229 g/mol. The molecule has 0 saturated heterocycles. The topological polar surface area (TPSA) is 33.1 Å². The zero-order chi connectivity index (χ0) is 10.2. The van der Waals surface area contributed by atoms with E-state index in [1.54, 1.807) is 23.1 Å². The third-order valence-corrected chi connectivity index (χ3v) is 5.26. The van der Waals surface area contributed by atoms with E-state index >= 15 is 0 Å². The molecule has 0 spiro atoms. The van der Waals surface area contributed by atoms with Crippen LogP contribution in [0.5, 0.6) is 0 Å². The summed E-state index contributed by atoms with van der Waals surface area (Å²) in [6, 6.07) is 0. The van der Waals surface area contributed by atoms with Crippen LogP contribution >= 0.6 is 23.1 Å². The van der Waals surface area contributed by atoms with Crippen molar-refractivity contribution < 1.29 is 5.11 Å². The molecule has 1 saturated carbocycles. The molecule has 14 heavy (non-hydrogen) atoms. The molecule has 0 bridgehead atoms. The monoisotopic (exact) mass is 229 g/mol. The van der Waals surface area contributed by atoms with E-state index in [1.165, 1.54) is 6.42 Å². The van der Waals surface area contributed by atoms with Crippen LogP contribution < -0.4 is 0 Å². The smallest absolute Gasteiger partial charge is 0.111 e. The lowest BCUT2D eigenvalue weighted by molar-refractivity contribution is 0.0844. The Morgan fingerprint density at radius 3 is 2.71 bits per heavy atom. The Morgan fingerprint density at radius 1 is 1.64 bits per heavy atom. The minimum Gasteiger partial charge on any atom is -0.385 e. The molecule has 1 fully saturated rings. The molecule has 1 aliphatic rings. The summed E-state index contributed by atoms with van der Waals surface area (Å²) in [6.07, 6.45) is 5.18. The van der Waals surface area contributed by atoms with Crippen LogP contribution in [0.4, 0.5) is 0 Å². The van der Waals surface area contributed by atoms with Gasteiger partial charge in [-0.25, -0.2) is 4.98 Å². The molecular weight excluding hydrogens is 214 g/mol. The molecule has 4 heteroatoms. The van der Waals surface area contributed by atoms with E-state index < -0.39 is 0 Å². The molecule has 1 aromatic heterocycles. The Bertz CT molecular complexity index is 314. The fourth-order valence-corrected chi connectivity index (χ4v) is 3.56. The maximum absolute atomic E-state index is 10.2. The van der Waals surface area contributed by atoms with E-state index in [0.717, 1.165) is 23.5 Å². The van der Waals surface area contributed by atoms with Gasteiger partial charge in [0, 0.05) is 10.1 Å². The first-order valence-electron chi connectivity index (χ1n) is 4.83. The summed E-state index contributed by atoms with van der Waals surface area (Å²) in [6.45, 7) is 1.98. The van der Waals surface area contributed by atoms with E-state index in [9.17, 15) is 5.11 Å². The van der Waals surface area contributed by atoms with Crippen molar-refractivity contribution in [2.75, 3.05) is 6.26 Å². The number of hydrogen-bond donors (Lipinski definition) is 1. The summed E-state index contributed by atoms with van der Waals surface area (Å²) in [7, 11) is 0. The van der Waals surface area contributed by atoms with E-state index in [0.29, 0.717) is 0 Å². The Hall–Kier alpha value is -0.0600. The zero-order valence-corrected chi connectivity index (χ0v) is 10.1. The van der Waals surface area contributed by atoms with E-state index in [-0.39, 0.29) is 10.9 Å². The van der Waals surface area contributed by atoms with Crippen molar-refractivity contribution in [3.05, 3.63) is 16.1 Å². The quantitative estimate of drug-likeness (QED) is 0.865. The number of aliphatic hydroxyl groups excluding tert-OH is 1. The SMILES string of the molecule is CSC1(C(O)c2csc(C)n2)CCC1. The zero-order valence-electron chi connectivity index (χ0n) is 8.49. The van der Waals surface area contributed by atoms with Gasteiger partial charge >= 0.3 is 0 Å². The van der Waals surface area contributed by atoms with Gasteiger partial charge in [0.1, 0.15) is 6.10 Å². The third kappa shape index (κ3) is 1.59. The van der Waals surface area contributed by atoms with E-state index in [2.05, 4.69) is 11.2 Å². The Kier molecular flexibility index (Phi) is 2.86. The Balaban J connectivity index is 2.18. The fraction of sp³-hybridized carbons (Fsp3) is 0.700. The highest BCUT2D eigenvalue weighted by molar-refractivity contribution is 8.00. The number of thioether (sulfide) groups is 1. The highest BCUT2D eigenvalue weighted by Crippen LogP contribution is 2.51. The summed E-state index contributed by atoms with van der Waals surface area (Å²) in [5, 5.41) is 13.2. The van der Waals surface area contributed by atoms with Crippen LogP contribution in [0.2, 0.25) is 0 Å². The van der Waals surface area contributed by atoms with E-state index in [1.807, 2.05) is 12.3 Å². The minimum atomic E-state index is -0.379. The van der Waals surface area contributed by atoms with Crippen molar-refractivity contribution >= 4 is 23.1 Å². The van der Waals surface area contributed by atoms with Crippen molar-refractivity contribution in [3.8, 4) is 0 Å². The van der Waals surface area contributed by atoms with Gasteiger partial charge in [-0.15, -0.1) is 11.3 Å². The largest absolute Gasteiger partial charge is 0.385 e. The van der Waals surface area contributed by atoms with Crippen LogP contribution in [0, 0.1) is 6.92 Å². The predicted octanol–water partition coefficient (Wildman–Crippen LogP) is 2.77. The average Bonchev–Trinajstić information content (AvgIpc) is 2.50. The molecule has 1 aromatic rings. The van der Waals surface area contributed by atoms with Crippen LogP contribution in [-0.2, 0) is 0 Å². The lowest BCUT2D eigenvalue weighted by Crippen LogP contribution is -2.39. The normalized spacial score (nSPS) is 21.6. The maximum atomic E-state index is 10.2. The first-order valence-corrected chi connectivity index (χ1v) is 6.94. The highest BCUT2D eigenvalue weighted by atomic mass is 32.2. The molecule has 1 atom stereocenters. The van der Waals surface area contributed by atoms with Gasteiger partial charge in [-0.3, -0.25) is 0 Å². The minimum absolute atomic E-state index is 0.0561. The second-order valence-electron chi connectivity index (χ2n) is 3.82. The number of nitrogens with zero attached hydrogens (tertiary/aromatic N) is 1. The Morgan fingerprint density at radius 2 is 2.36 bits per heavy atom. The lowest BCUT2D eigenvalue weighted by Gasteiger charge is -2.43. The van der Waals surface area contributed by atoms with Gasteiger partial charge < -0.3 is 5.11 Å². The van der Waals surface area contributed by atoms with Crippen LogP contribution in [0.15, 0.2) is 5.38 Å². The third-order valence-electron chi connectivity index (χ3n) is 3.02. The van der Waals surface area contributed by atoms with Gasteiger partial charge in [0.05, 0.1) is 10.7 Å². The first kappa shape index (κ1) is 10.5. The van der Waals surface area contributed by atoms with E-state index in [4.69, 9.17) is 0 Å². The molecule has 0 aliphatic heterocycles. The summed E-state index contributed by atoms with van der Waals surface area (Å²) in [4.78, 5) is 4.36. The van der Waals surface area contributed by atoms with Crippen molar-refractivity contribution in [3.63, 3.8) is 0 Å². The van der Waals surface area contributed by atoms with Gasteiger partial charge in [-0.1, -0.05) is 6.42 Å². The molecule has 1 aliphatic carbocycles. The molecule has 1 N–H and O–H groups in total. The number of thiazole rings is 1. The fourth-order valence-electron chi connectivity index (χ4n) is 1.89. The van der Waals surface area contributed by atoms with Crippen molar-refractivity contribution in [2.45, 2.75) is 37.0 Å². The number of hydrogen-bond acceptors (Lipinski definition) is 4. The summed E-state index contributed by atoms with van der Waals surface area (Å²) in [5.41, 5.74) is 0.863. The summed E-state index contributed by atoms with van der Waals surface area (Å²) in [5.74, 6) is 0. The molecular formula is C10H15NOS2. The van der Waals surface area contributed by atoms with Crippen LogP contribution in [0.25, 0.3) is 0 Å². The number of rotatable bonds is 3. The summed E-state index contributed by atoms with van der Waals surface area (Å²) >= 11 is 3.40. The van der Waals surface area contributed by atoms with Crippen LogP contribution in [0.1, 0.15) is 36.1 Å². The molecule has 1 unspecified atom stereocenters. The number of aromatic nitrogens is 1. The standard InChI is InChI=1S/C10H15NOS2/c1-7-11-8(6-14-7)9(12)10(13-2)4-3-5-10/h6,9,12H,3-5H2,1-2H3. The molecule has 78 valence electrons. The van der Waals surface area contributed by atoms with Crippen molar-refractivity contribution in [2.24, 2.45) is 0 Å². The second-order valence-corrected chi connectivity index (χ2v) is 6.10. The van der Waals surface area contributed by atoms with Crippen LogP contribution in [-0.4, -0.2) is 21.1 Å². The van der Waals surface area contributed by atoms with Crippen molar-refractivity contribution in [1.82, 2.24) is 4.98 Å². The van der Waals surface area contributed by atoms with Gasteiger partial charge in [0.15, 0.2) is 0 Å². The number of aryl methyl sites for hydroxylation is 1. The molecule has 0 amide bonds. The predicted molar refractivity (Wildman–Crippen MR) is 61.9 cm³/mol. The van der Waals surface area contributed by atoms with Gasteiger partial charge in [0.2, 0.25) is 0 Å². The maximum Gasteiger partial charge on any atom is 0.111 e. The van der Waals surface area contributed by atoms with Gasteiger partial charge in [0.25, 0.3) is 0 Å². The number of aliphatic hydroxyl groups is 1. The van der Waals surface area contributed by atoms with Gasteiger partial charge in [-0.2, -0.15) is 11.8 Å². The molecule has 0 aromatic carbocycles. The second kappa shape index (κ2) is 3.83. The lowest BCUT2D eigenvalue weighted by atomic mass is 9.79. The molecule has 0 radical (unpaired) electrons. The molecule has 2 nitrogen and oxygen atoms in total. The van der Waals surface area contributed by atoms with Crippen molar-refractivity contribution in [1.29, 1.82) is 0 Å². The molecule has 1 heterocycles. The molecule has 2 rings (SSSR count). The van der Waals surface area contributed by atoms with Crippen LogP contribution in [0.3, 0.4) is 0 Å². The first-order chi connectivity index (χ1) is 6.68. The highest BCUT2D eigenvalue weighted by Gasteiger charge is 2.44. The Labute approximate surface area is 92.8 Å².